The summed E-state index contributed by atoms with van der Waals surface area (Å²) in [4.78, 5) is 10.1. The Hall–Kier alpha value is -2.25. The number of nitrogens with one attached hydrogen (secondary N) is 1. The quantitative estimate of drug-likeness (QED) is 0.592. The molecule has 2 atom stereocenters. The number of hydrogen-bond acceptors (Lipinski definition) is 4. The van der Waals surface area contributed by atoms with Crippen LogP contribution in [0.3, 0.4) is 0 Å². The van der Waals surface area contributed by atoms with Gasteiger partial charge in [0.2, 0.25) is 10.0 Å². The predicted octanol–water partition coefficient (Wildman–Crippen LogP) is 4.15. The minimum absolute atomic E-state index is 0.00109. The maximum Gasteiger partial charge on any atom is 0.269 e. The van der Waals surface area contributed by atoms with Gasteiger partial charge in [0.05, 0.1) is 9.82 Å². The molecule has 0 bridgehead atoms. The van der Waals surface area contributed by atoms with Crippen molar-refractivity contribution in [3.05, 3.63) is 69.8 Å². The highest BCUT2D eigenvalue weighted by molar-refractivity contribution is 7.89. The molecule has 1 N–H and O–H groups in total. The van der Waals surface area contributed by atoms with Crippen LogP contribution in [0.1, 0.15) is 50.3 Å². The maximum atomic E-state index is 12.4. The van der Waals surface area contributed by atoms with Crippen LogP contribution in [0.25, 0.3) is 0 Å². The van der Waals surface area contributed by atoms with Crippen molar-refractivity contribution in [1.82, 2.24) is 4.72 Å². The fraction of sp³-hybridized carbons (Fsp3) is 0.333. The van der Waals surface area contributed by atoms with Gasteiger partial charge in [0.1, 0.15) is 0 Å². The largest absolute Gasteiger partial charge is 0.269 e. The Labute approximate surface area is 148 Å². The van der Waals surface area contributed by atoms with Gasteiger partial charge in [-0.1, -0.05) is 38.1 Å². The molecule has 0 amide bonds. The van der Waals surface area contributed by atoms with Crippen LogP contribution < -0.4 is 4.72 Å². The maximum absolute atomic E-state index is 12.4. The number of non-ortho nitro benzene ring substituents is 1. The lowest BCUT2D eigenvalue weighted by Crippen LogP contribution is -2.26. The molecule has 0 saturated heterocycles. The summed E-state index contributed by atoms with van der Waals surface area (Å²) < 4.78 is 27.5. The zero-order valence-electron chi connectivity index (χ0n) is 14.5. The lowest BCUT2D eigenvalue weighted by molar-refractivity contribution is -0.384. The number of sulfonamides is 1. The smallest absolute Gasteiger partial charge is 0.258 e. The van der Waals surface area contributed by atoms with Crippen LogP contribution in [0.2, 0.25) is 0 Å². The first-order valence-corrected chi connectivity index (χ1v) is 9.59. The molecule has 134 valence electrons. The fourth-order valence-corrected chi connectivity index (χ4v) is 3.70. The number of nitro benzene ring substituents is 1. The highest BCUT2D eigenvalue weighted by atomic mass is 32.2. The molecule has 0 aliphatic rings. The summed E-state index contributed by atoms with van der Waals surface area (Å²) in [5, 5.41) is 10.7. The third kappa shape index (κ3) is 4.64. The Balaban J connectivity index is 2.15. The van der Waals surface area contributed by atoms with Gasteiger partial charge in [-0.15, -0.1) is 0 Å². The average Bonchev–Trinajstić information content (AvgIpc) is 2.60. The Morgan fingerprint density at radius 3 is 2.00 bits per heavy atom. The van der Waals surface area contributed by atoms with Crippen molar-refractivity contribution in [3.63, 3.8) is 0 Å². The summed E-state index contributed by atoms with van der Waals surface area (Å²) in [6, 6.07) is 12.3. The number of rotatable bonds is 7. The van der Waals surface area contributed by atoms with Crippen LogP contribution in [0.15, 0.2) is 53.4 Å². The van der Waals surface area contributed by atoms with Gasteiger partial charge in [0, 0.05) is 18.2 Å². The zero-order chi connectivity index (χ0) is 18.6. The van der Waals surface area contributed by atoms with Crippen LogP contribution in [0.4, 0.5) is 5.69 Å². The molecule has 0 spiro atoms. The normalized spacial score (nSPS) is 14.0. The minimum Gasteiger partial charge on any atom is -0.258 e. The van der Waals surface area contributed by atoms with Crippen molar-refractivity contribution in [2.24, 2.45) is 0 Å². The van der Waals surface area contributed by atoms with Gasteiger partial charge in [0.25, 0.3) is 5.69 Å². The Morgan fingerprint density at radius 1 is 1.00 bits per heavy atom. The van der Waals surface area contributed by atoms with E-state index in [0.717, 1.165) is 12.0 Å². The molecule has 25 heavy (non-hydrogen) atoms. The first-order chi connectivity index (χ1) is 11.7. The second-order valence-corrected chi connectivity index (χ2v) is 7.78. The molecule has 0 aliphatic heterocycles. The average molecular weight is 362 g/mol. The highest BCUT2D eigenvalue weighted by Crippen LogP contribution is 2.23. The van der Waals surface area contributed by atoms with E-state index < -0.39 is 21.0 Å². The van der Waals surface area contributed by atoms with E-state index in [1.807, 2.05) is 24.3 Å². The van der Waals surface area contributed by atoms with E-state index in [-0.39, 0.29) is 10.6 Å². The fourth-order valence-electron chi connectivity index (χ4n) is 2.46. The van der Waals surface area contributed by atoms with Crippen LogP contribution in [-0.4, -0.2) is 13.3 Å². The molecular weight excluding hydrogens is 340 g/mol. The molecule has 6 nitrogen and oxygen atoms in total. The van der Waals surface area contributed by atoms with E-state index in [1.54, 1.807) is 6.92 Å². The van der Waals surface area contributed by atoms with Crippen molar-refractivity contribution in [2.75, 3.05) is 0 Å². The molecule has 0 radical (unpaired) electrons. The molecule has 0 saturated carbocycles. The highest BCUT2D eigenvalue weighted by Gasteiger charge is 2.19. The van der Waals surface area contributed by atoms with Crippen LogP contribution >= 0.6 is 0 Å². The third-order valence-corrected chi connectivity index (χ3v) is 5.86. The minimum atomic E-state index is -3.75. The summed E-state index contributed by atoms with van der Waals surface area (Å²) in [5.74, 6) is 0.459. The number of benzene rings is 2. The zero-order valence-corrected chi connectivity index (χ0v) is 15.3. The molecule has 0 fully saturated rings. The van der Waals surface area contributed by atoms with Crippen LogP contribution in [-0.2, 0) is 10.0 Å². The van der Waals surface area contributed by atoms with Gasteiger partial charge in [-0.05, 0) is 42.5 Å². The number of nitro groups is 1. The van der Waals surface area contributed by atoms with Crippen LogP contribution in [0, 0.1) is 10.1 Å². The Bertz CT molecular complexity index is 830. The molecule has 2 aromatic rings. The van der Waals surface area contributed by atoms with Crippen molar-refractivity contribution >= 4 is 15.7 Å². The summed E-state index contributed by atoms with van der Waals surface area (Å²) in [6.45, 7) is 6.04. The first kappa shape index (κ1) is 19.1. The number of nitrogens with zero attached hydrogens (tertiary/aromatic N) is 1. The van der Waals surface area contributed by atoms with Gasteiger partial charge >= 0.3 is 0 Å². The molecule has 2 aromatic carbocycles. The molecule has 2 rings (SSSR count). The van der Waals surface area contributed by atoms with Crippen molar-refractivity contribution in [3.8, 4) is 0 Å². The SMILES string of the molecule is CCC(C)c1ccc(C(C)NS(=O)(=O)c2ccc([N+](=O)[O-])cc2)cc1. The summed E-state index contributed by atoms with van der Waals surface area (Å²) in [7, 11) is -3.75. The lowest BCUT2D eigenvalue weighted by atomic mass is 9.96. The second kappa shape index (κ2) is 7.76. The van der Waals surface area contributed by atoms with E-state index in [0.29, 0.717) is 5.92 Å². The summed E-state index contributed by atoms with van der Waals surface area (Å²) in [5.41, 5.74) is 1.93. The molecule has 0 aromatic heterocycles. The van der Waals surface area contributed by atoms with E-state index in [1.165, 1.54) is 29.8 Å². The van der Waals surface area contributed by atoms with Gasteiger partial charge in [-0.25, -0.2) is 13.1 Å². The molecular formula is C18H22N2O4S. The first-order valence-electron chi connectivity index (χ1n) is 8.11. The third-order valence-electron chi connectivity index (χ3n) is 4.31. The van der Waals surface area contributed by atoms with Gasteiger partial charge in [-0.3, -0.25) is 10.1 Å². The standard InChI is InChI=1S/C18H22N2O4S/c1-4-13(2)15-5-7-16(8-6-15)14(3)19-25(23,24)18-11-9-17(10-12-18)20(21)22/h5-14,19H,4H2,1-3H3. The van der Waals surface area contributed by atoms with Gasteiger partial charge in [-0.2, -0.15) is 0 Å². The molecule has 0 heterocycles. The van der Waals surface area contributed by atoms with E-state index in [4.69, 9.17) is 0 Å². The van der Waals surface area contributed by atoms with Crippen molar-refractivity contribution in [1.29, 1.82) is 0 Å². The van der Waals surface area contributed by atoms with Crippen molar-refractivity contribution < 1.29 is 13.3 Å². The van der Waals surface area contributed by atoms with Gasteiger partial charge in [0.15, 0.2) is 0 Å². The Kier molecular flexibility index (Phi) is 5.92. The van der Waals surface area contributed by atoms with E-state index in [2.05, 4.69) is 18.6 Å². The van der Waals surface area contributed by atoms with Crippen LogP contribution in [0.5, 0.6) is 0 Å². The lowest BCUT2D eigenvalue weighted by Gasteiger charge is -2.16. The monoisotopic (exact) mass is 362 g/mol. The Morgan fingerprint density at radius 2 is 1.52 bits per heavy atom. The van der Waals surface area contributed by atoms with E-state index >= 15 is 0 Å². The summed E-state index contributed by atoms with van der Waals surface area (Å²) in [6.07, 6.45) is 1.04. The topological polar surface area (TPSA) is 89.3 Å². The predicted molar refractivity (Wildman–Crippen MR) is 97.0 cm³/mol. The molecule has 7 heteroatoms. The van der Waals surface area contributed by atoms with E-state index in [9.17, 15) is 18.5 Å². The number of hydrogen-bond donors (Lipinski definition) is 1. The molecule has 0 aliphatic carbocycles. The van der Waals surface area contributed by atoms with Gasteiger partial charge < -0.3 is 0 Å². The van der Waals surface area contributed by atoms with Crippen molar-refractivity contribution in [2.45, 2.75) is 44.0 Å². The second-order valence-electron chi connectivity index (χ2n) is 6.07. The summed E-state index contributed by atoms with van der Waals surface area (Å²) >= 11 is 0. The molecule has 2 unspecified atom stereocenters.